The molecule has 0 atom stereocenters. The van der Waals surface area contributed by atoms with Crippen LogP contribution in [0.25, 0.3) is 0 Å². The lowest BCUT2D eigenvalue weighted by Crippen LogP contribution is -2.49. The zero-order valence-corrected chi connectivity index (χ0v) is 72.4. The number of methoxy groups -OCH3 is 7. The molecule has 3 amide bonds. The fraction of sp³-hybridized carbons (Fsp3) is 0.483. The van der Waals surface area contributed by atoms with Crippen LogP contribution in [0.3, 0.4) is 0 Å². The summed E-state index contributed by atoms with van der Waals surface area (Å²) in [4.78, 5) is 84.4. The van der Waals surface area contributed by atoms with Gasteiger partial charge in [-0.05, 0) is 148 Å². The summed E-state index contributed by atoms with van der Waals surface area (Å²) in [5, 5.41) is 44.7. The van der Waals surface area contributed by atoms with Crippen LogP contribution in [0.15, 0.2) is 116 Å². The van der Waals surface area contributed by atoms with Gasteiger partial charge in [0.2, 0.25) is 17.7 Å². The molecule has 0 radical (unpaired) electrons. The molecule has 0 spiro atoms. The molecule has 3 saturated carbocycles. The number of halogens is 12. The lowest BCUT2D eigenvalue weighted by Gasteiger charge is -2.36. The molecule has 3 fully saturated rings. The maximum atomic E-state index is 15.7. The summed E-state index contributed by atoms with van der Waals surface area (Å²) in [6, 6.07) is 11.8. The van der Waals surface area contributed by atoms with Gasteiger partial charge >= 0.3 is 36.4 Å². The van der Waals surface area contributed by atoms with Crippen LogP contribution < -0.4 is 28.9 Å². The molecule has 28 nitrogen and oxygen atoms in total. The number of aromatic nitrogens is 6. The number of alkyl halides is 9. The molecule has 2 aromatic heterocycles. The van der Waals surface area contributed by atoms with Crippen LogP contribution in [0.2, 0.25) is 0 Å². The summed E-state index contributed by atoms with van der Waals surface area (Å²) in [6.07, 6.45) is -0.680. The number of hydrogen-bond acceptors (Lipinski definition) is 21. The molecule has 129 heavy (non-hydrogen) atoms. The lowest BCUT2D eigenvalue weighted by molar-refractivity contribution is -0.139. The molecule has 0 saturated heterocycles. The molecule has 0 bridgehead atoms. The SMILES string of the molecule is COCC(COC)N(C(=O)C1CCC(C)CC1)c1cc(F)c(Oc2ccc(CO)cc2C(F)(F)F)cc1C(=O)OC.COCC(COC)N(C(=O)C1CCC(C)CC1)c1cc(F)c(Oc2ccc(Cn3ccnn3)cc2C(F)(F)F)cc1C(=O)O.COCC(COC)N(C(=O)C1CCC(C)CC1)c1cc(F)c(Oc2ccc(Cn3nccn3)cc2C(F)(F)F)cc1C(=O)O. The first kappa shape index (κ1) is 101. The second kappa shape index (κ2) is 46.3. The average molecular weight is 1830 g/mol. The van der Waals surface area contributed by atoms with Crippen molar-refractivity contribution in [2.24, 2.45) is 35.5 Å². The molecule has 40 heteroatoms. The van der Waals surface area contributed by atoms with Crippen molar-refractivity contribution in [3.05, 3.63) is 183 Å². The predicted molar refractivity (Wildman–Crippen MR) is 442 cm³/mol. The van der Waals surface area contributed by atoms with E-state index < -0.39 is 171 Å². The van der Waals surface area contributed by atoms with Gasteiger partial charge in [-0.15, -0.1) is 5.10 Å². The summed E-state index contributed by atoms with van der Waals surface area (Å²) in [5.74, 6) is -13.0. The number of amides is 3. The monoisotopic (exact) mass is 1830 g/mol. The van der Waals surface area contributed by atoms with E-state index in [1.54, 1.807) is 0 Å². The number of aliphatic hydroxyl groups is 1. The van der Waals surface area contributed by atoms with Gasteiger partial charge in [0.15, 0.2) is 34.7 Å². The Kier molecular flexibility index (Phi) is 36.4. The summed E-state index contributed by atoms with van der Waals surface area (Å²) >= 11 is 0. The molecular formula is C89H103F12N9O19. The van der Waals surface area contributed by atoms with Crippen LogP contribution in [-0.4, -0.2) is 188 Å². The Morgan fingerprint density at radius 2 is 0.713 bits per heavy atom. The number of anilines is 3. The summed E-state index contributed by atoms with van der Waals surface area (Å²) in [7, 11) is 9.54. The Hall–Kier alpha value is -11.3. The third-order valence-corrected chi connectivity index (χ3v) is 22.4. The largest absolute Gasteiger partial charge is 0.478 e. The molecule has 8 aromatic rings. The topological polar surface area (TPSA) is 327 Å². The van der Waals surface area contributed by atoms with E-state index in [2.05, 4.69) is 41.3 Å². The van der Waals surface area contributed by atoms with Gasteiger partial charge in [-0.2, -0.15) is 54.5 Å². The predicted octanol–water partition coefficient (Wildman–Crippen LogP) is 17.3. The molecule has 0 aliphatic heterocycles. The zero-order chi connectivity index (χ0) is 94.4. The van der Waals surface area contributed by atoms with Crippen molar-refractivity contribution in [3.63, 3.8) is 0 Å². The van der Waals surface area contributed by atoms with Crippen molar-refractivity contribution in [2.45, 2.75) is 154 Å². The standard InChI is InChI=1S/2C30H34F4N4O6.C29H35F4NO7/c1-18-4-7-20(8-5-18)28(39)38(21(16-42-2)17-43-3)25-14-24(31)27(13-22(25)29(40)41)44-26-9-6-19(12-23(26)30(32,33)34)15-37-11-10-35-36-37;1-18-4-7-20(8-5-18)28(39)38(21(16-42-2)17-43-3)25-14-24(31)27(13-22(25)29(40)41)44-26-9-6-19(12-23(26)30(32,33)34)15-37-35-10-11-36-37;1-17-5-8-19(9-6-17)27(36)34(20(15-38-2)16-39-3)24-13-23(30)26(12-21(24)28(37)40-4)41-25-10-7-18(14-35)11-22(25)29(31,32)33/h2*6,9-14,18,20-21H,4-5,7-8,15-17H2,1-3H3,(H,40,41);7,10-13,17,19-20,35H,5-6,8-9,14-16H2,1-4H3. The number of nitrogens with zero attached hydrogens (tertiary/aromatic N) is 9. The number of carboxylic acids is 2. The molecule has 702 valence electrons. The molecule has 6 aromatic carbocycles. The number of carbonyl (C=O) groups is 6. The molecule has 3 aliphatic rings. The molecule has 0 unspecified atom stereocenters. The van der Waals surface area contributed by atoms with Gasteiger partial charge in [-0.25, -0.2) is 32.2 Å². The third-order valence-electron chi connectivity index (χ3n) is 22.4. The second-order valence-corrected chi connectivity index (χ2v) is 31.8. The smallest absolute Gasteiger partial charge is 0.419 e. The minimum atomic E-state index is -4.89. The normalized spacial score (nSPS) is 17.2. The number of ether oxygens (including phenoxy) is 10. The maximum Gasteiger partial charge on any atom is 0.419 e. The van der Waals surface area contributed by atoms with Crippen LogP contribution in [0.5, 0.6) is 34.5 Å². The number of carbonyl (C=O) groups excluding carboxylic acids is 4. The molecule has 3 aliphatic carbocycles. The van der Waals surface area contributed by atoms with Crippen LogP contribution >= 0.6 is 0 Å². The minimum absolute atomic E-state index is 0.00463. The quantitative estimate of drug-likeness (QED) is 0.0245. The number of hydrogen-bond donors (Lipinski definition) is 3. The van der Waals surface area contributed by atoms with Crippen LogP contribution in [-0.2, 0) is 85.8 Å². The van der Waals surface area contributed by atoms with Gasteiger partial charge in [0, 0.05) is 103 Å². The van der Waals surface area contributed by atoms with Crippen LogP contribution in [0.4, 0.5) is 69.7 Å². The highest BCUT2D eigenvalue weighted by Crippen LogP contribution is 2.47. The van der Waals surface area contributed by atoms with Gasteiger partial charge in [-0.3, -0.25) is 14.4 Å². The van der Waals surface area contributed by atoms with Crippen LogP contribution in [0.1, 0.15) is 162 Å². The molecule has 11 rings (SSSR count). The van der Waals surface area contributed by atoms with Crippen molar-refractivity contribution < 1.29 is 144 Å². The van der Waals surface area contributed by atoms with Crippen molar-refractivity contribution >= 4 is 52.7 Å². The van der Waals surface area contributed by atoms with E-state index in [0.717, 1.165) is 112 Å². The lowest BCUT2D eigenvalue weighted by atomic mass is 9.82. The van der Waals surface area contributed by atoms with E-state index in [-0.39, 0.29) is 98.0 Å². The Balaban J connectivity index is 0.000000218. The van der Waals surface area contributed by atoms with E-state index in [9.17, 15) is 83.6 Å². The Labute approximate surface area is 735 Å². The first-order valence-electron chi connectivity index (χ1n) is 41.2. The fourth-order valence-corrected chi connectivity index (χ4v) is 15.7. The summed E-state index contributed by atoms with van der Waals surface area (Å²) in [5.41, 5.74) is -5.28. The number of rotatable bonds is 35. The highest BCUT2D eigenvalue weighted by Gasteiger charge is 2.44. The van der Waals surface area contributed by atoms with E-state index in [1.165, 1.54) is 110 Å². The van der Waals surface area contributed by atoms with E-state index >= 15 is 13.2 Å². The fourth-order valence-electron chi connectivity index (χ4n) is 15.7. The number of benzene rings is 6. The van der Waals surface area contributed by atoms with Gasteiger partial charge < -0.3 is 77.4 Å². The maximum absolute atomic E-state index is 15.7. The van der Waals surface area contributed by atoms with Crippen molar-refractivity contribution in [1.82, 2.24) is 30.0 Å². The summed E-state index contributed by atoms with van der Waals surface area (Å²) < 4.78 is 226. The van der Waals surface area contributed by atoms with E-state index in [1.807, 2.05) is 0 Å². The van der Waals surface area contributed by atoms with Gasteiger partial charge in [0.05, 0.1) is 154 Å². The Morgan fingerprint density at radius 1 is 0.411 bits per heavy atom. The van der Waals surface area contributed by atoms with Crippen LogP contribution in [0, 0.1) is 53.0 Å². The van der Waals surface area contributed by atoms with E-state index in [4.69, 9.17) is 47.4 Å². The highest BCUT2D eigenvalue weighted by atomic mass is 19.4. The Morgan fingerprint density at radius 3 is 1.00 bits per heavy atom. The van der Waals surface area contributed by atoms with Crippen molar-refractivity contribution in [2.75, 3.05) is 104 Å². The first-order chi connectivity index (χ1) is 61.3. The number of carboxylic acid groups (broad SMARTS) is 2. The van der Waals surface area contributed by atoms with Gasteiger partial charge in [0.1, 0.15) is 17.2 Å². The minimum Gasteiger partial charge on any atom is -0.478 e. The van der Waals surface area contributed by atoms with Gasteiger partial charge in [0.25, 0.3) is 0 Å². The number of aliphatic hydroxyl groups excluding tert-OH is 1. The highest BCUT2D eigenvalue weighted by molar-refractivity contribution is 6.06. The first-order valence-corrected chi connectivity index (χ1v) is 41.2. The average Bonchev–Trinajstić information content (AvgIpc) is 1.61. The molecule has 2 heterocycles. The summed E-state index contributed by atoms with van der Waals surface area (Å²) in [6.45, 7) is 5.37. The number of aromatic carboxylic acids is 2. The molecule has 3 N–H and O–H groups in total. The van der Waals surface area contributed by atoms with E-state index in [0.29, 0.717) is 62.3 Å². The third kappa shape index (κ3) is 26.7. The second-order valence-electron chi connectivity index (χ2n) is 31.8. The van der Waals surface area contributed by atoms with Crippen molar-refractivity contribution in [3.8, 4) is 34.5 Å². The molecular weight excluding hydrogens is 1730 g/mol. The Bertz CT molecular complexity index is 4850. The number of esters is 1. The van der Waals surface area contributed by atoms with Crippen molar-refractivity contribution in [1.29, 1.82) is 0 Å². The zero-order valence-electron chi connectivity index (χ0n) is 72.4. The van der Waals surface area contributed by atoms with Gasteiger partial charge in [-0.1, -0.05) is 44.2 Å².